The van der Waals surface area contributed by atoms with E-state index in [0.717, 1.165) is 35.7 Å². The van der Waals surface area contributed by atoms with Gasteiger partial charge >= 0.3 is 6.18 Å². The fourth-order valence-electron chi connectivity index (χ4n) is 5.22. The van der Waals surface area contributed by atoms with Gasteiger partial charge in [0.2, 0.25) is 5.95 Å². The summed E-state index contributed by atoms with van der Waals surface area (Å²) < 4.78 is 43.7. The molecule has 6 rings (SSSR count). The molecule has 1 aliphatic heterocycles. The Kier molecular flexibility index (Phi) is 7.74. The van der Waals surface area contributed by atoms with Crippen molar-refractivity contribution in [1.29, 1.82) is 0 Å². The van der Waals surface area contributed by atoms with Gasteiger partial charge < -0.3 is 16.0 Å². The van der Waals surface area contributed by atoms with Gasteiger partial charge in [-0.1, -0.05) is 23.4 Å². The topological polar surface area (TPSA) is 118 Å². The third kappa shape index (κ3) is 6.24. The summed E-state index contributed by atoms with van der Waals surface area (Å²) in [4.78, 5) is 25.6. The Morgan fingerprint density at radius 2 is 1.82 bits per heavy atom. The monoisotopic (exact) mass is 601 g/mol. The van der Waals surface area contributed by atoms with Gasteiger partial charge in [-0.15, -0.1) is 5.10 Å². The molecule has 1 saturated heterocycles. The number of amides is 1. The number of benzene rings is 3. The summed E-state index contributed by atoms with van der Waals surface area (Å²) in [5.74, 6) is -0.352. The van der Waals surface area contributed by atoms with Crippen molar-refractivity contribution in [3.8, 4) is 16.9 Å². The Balaban J connectivity index is 1.22. The molecule has 0 bridgehead atoms. The van der Waals surface area contributed by atoms with Crippen LogP contribution < -0.4 is 11.1 Å². The molecule has 0 spiro atoms. The highest BCUT2D eigenvalue weighted by molar-refractivity contribution is 6.04. The number of hydrogen-bond acceptors (Lipinski definition) is 8. The number of alkyl halides is 3. The first kappa shape index (κ1) is 29.2. The second-order valence-electron chi connectivity index (χ2n) is 11.0. The fourth-order valence-corrected chi connectivity index (χ4v) is 5.22. The SMILES string of the molecule is Cc1ccc(C(=O)Nc2ccc(CN3CCN(C)CC3)c(C(F)(F)F)c2)cc1-n1cc(-c2ccc3nc(N)ncc3c2)nn1. The number of aryl methyl sites for hydroxylation is 1. The molecule has 0 unspecified atom stereocenters. The number of anilines is 2. The number of nitrogens with one attached hydrogen (secondary N) is 1. The van der Waals surface area contributed by atoms with E-state index >= 15 is 0 Å². The van der Waals surface area contributed by atoms with Crippen molar-refractivity contribution in [3.63, 3.8) is 0 Å². The van der Waals surface area contributed by atoms with Gasteiger partial charge in [0.1, 0.15) is 5.69 Å². The minimum atomic E-state index is -4.56. The number of piperazine rings is 1. The number of nitrogens with zero attached hydrogens (tertiary/aromatic N) is 7. The van der Waals surface area contributed by atoms with E-state index in [2.05, 4.69) is 30.5 Å². The molecule has 3 N–H and O–H groups in total. The number of nitrogens with two attached hydrogens (primary N) is 1. The first-order valence-electron chi connectivity index (χ1n) is 14.0. The van der Waals surface area contributed by atoms with Crippen LogP contribution in [0.15, 0.2) is 67.0 Å². The van der Waals surface area contributed by atoms with Gasteiger partial charge in [-0.3, -0.25) is 9.69 Å². The van der Waals surface area contributed by atoms with Crippen molar-refractivity contribution in [1.82, 2.24) is 34.8 Å². The molecule has 1 amide bonds. The van der Waals surface area contributed by atoms with Crippen LogP contribution in [-0.4, -0.2) is 73.9 Å². The van der Waals surface area contributed by atoms with E-state index in [1.165, 1.54) is 12.1 Å². The molecule has 1 fully saturated rings. The number of rotatable bonds is 6. The van der Waals surface area contributed by atoms with E-state index < -0.39 is 17.6 Å². The predicted octanol–water partition coefficient (Wildman–Crippen LogP) is 4.79. The number of halogens is 3. The molecule has 226 valence electrons. The largest absolute Gasteiger partial charge is 0.416 e. The van der Waals surface area contributed by atoms with Crippen LogP contribution in [-0.2, 0) is 12.7 Å². The zero-order chi connectivity index (χ0) is 31.0. The molecular weight excluding hydrogens is 571 g/mol. The zero-order valence-corrected chi connectivity index (χ0v) is 24.1. The molecule has 3 aromatic carbocycles. The van der Waals surface area contributed by atoms with Crippen molar-refractivity contribution >= 4 is 28.4 Å². The standard InChI is InChI=1S/C31H30F3N9O/c1-19-3-4-21(14-28(19)43-18-27(39-40-43)20-6-8-26-23(13-20)16-36-30(35)38-26)29(44)37-24-7-5-22(25(15-24)31(32,33)34)17-42-11-9-41(2)10-12-42/h3-8,13-16,18H,9-12,17H2,1-2H3,(H,37,44)(H2,35,36,38). The molecule has 2 aromatic heterocycles. The van der Waals surface area contributed by atoms with Gasteiger partial charge in [0, 0.05) is 61.1 Å². The fraction of sp³-hybridized carbons (Fsp3) is 0.258. The summed E-state index contributed by atoms with van der Waals surface area (Å²) in [6, 6.07) is 14.5. The number of aromatic nitrogens is 5. The Morgan fingerprint density at radius 1 is 1.02 bits per heavy atom. The third-order valence-corrected chi connectivity index (χ3v) is 7.77. The van der Waals surface area contributed by atoms with Crippen molar-refractivity contribution in [2.45, 2.75) is 19.6 Å². The van der Waals surface area contributed by atoms with Crippen LogP contribution in [0.2, 0.25) is 0 Å². The molecule has 0 saturated carbocycles. The first-order valence-corrected chi connectivity index (χ1v) is 14.0. The van der Waals surface area contributed by atoms with E-state index in [-0.39, 0.29) is 29.3 Å². The van der Waals surface area contributed by atoms with Gasteiger partial charge in [0.05, 0.1) is 23.0 Å². The lowest BCUT2D eigenvalue weighted by molar-refractivity contribution is -0.138. The lowest BCUT2D eigenvalue weighted by Crippen LogP contribution is -2.44. The van der Waals surface area contributed by atoms with Crippen LogP contribution in [0, 0.1) is 6.92 Å². The quantitative estimate of drug-likeness (QED) is 0.286. The van der Waals surface area contributed by atoms with Gasteiger partial charge in [-0.2, -0.15) is 13.2 Å². The Morgan fingerprint density at radius 3 is 2.59 bits per heavy atom. The average Bonchev–Trinajstić information content (AvgIpc) is 3.48. The Labute approximate surface area is 251 Å². The van der Waals surface area contributed by atoms with Crippen LogP contribution in [0.25, 0.3) is 27.8 Å². The molecule has 0 radical (unpaired) electrons. The molecular formula is C31H30F3N9O. The average molecular weight is 602 g/mol. The minimum absolute atomic E-state index is 0.0664. The summed E-state index contributed by atoms with van der Waals surface area (Å²) in [5, 5.41) is 12.0. The first-order chi connectivity index (χ1) is 21.0. The van der Waals surface area contributed by atoms with Gasteiger partial charge in [0.25, 0.3) is 5.91 Å². The van der Waals surface area contributed by atoms with Crippen molar-refractivity contribution in [3.05, 3.63) is 89.2 Å². The highest BCUT2D eigenvalue weighted by atomic mass is 19.4. The summed E-state index contributed by atoms with van der Waals surface area (Å²) in [6.45, 7) is 5.06. The minimum Gasteiger partial charge on any atom is -0.368 e. The lowest BCUT2D eigenvalue weighted by atomic mass is 10.0. The van der Waals surface area contributed by atoms with Crippen LogP contribution >= 0.6 is 0 Å². The number of likely N-dealkylation sites (N-methyl/N-ethyl adjacent to an activating group) is 1. The maximum atomic E-state index is 14.0. The molecule has 1 aliphatic rings. The van der Waals surface area contributed by atoms with Crippen molar-refractivity contribution < 1.29 is 18.0 Å². The summed E-state index contributed by atoms with van der Waals surface area (Å²) in [7, 11) is 2.00. The zero-order valence-electron chi connectivity index (χ0n) is 24.1. The summed E-state index contributed by atoms with van der Waals surface area (Å²) >= 11 is 0. The van der Waals surface area contributed by atoms with Gasteiger partial charge in [0.15, 0.2) is 0 Å². The Hall–Kier alpha value is -4.88. The molecule has 3 heterocycles. The van der Waals surface area contributed by atoms with Crippen LogP contribution in [0.3, 0.4) is 0 Å². The normalized spacial score (nSPS) is 14.7. The number of hydrogen-bond donors (Lipinski definition) is 2. The Bertz CT molecular complexity index is 1850. The number of carbonyl (C=O) groups excluding carboxylic acids is 1. The maximum absolute atomic E-state index is 14.0. The van der Waals surface area contributed by atoms with Crippen molar-refractivity contribution in [2.24, 2.45) is 0 Å². The highest BCUT2D eigenvalue weighted by Crippen LogP contribution is 2.35. The smallest absolute Gasteiger partial charge is 0.368 e. The molecule has 10 nitrogen and oxygen atoms in total. The molecule has 0 atom stereocenters. The van der Waals surface area contributed by atoms with Gasteiger partial charge in [-0.05, 0) is 61.5 Å². The summed E-state index contributed by atoms with van der Waals surface area (Å²) in [5.41, 5.74) is 8.95. The van der Waals surface area contributed by atoms with E-state index in [0.29, 0.717) is 30.0 Å². The van der Waals surface area contributed by atoms with Gasteiger partial charge in [-0.25, -0.2) is 14.6 Å². The second-order valence-corrected chi connectivity index (χ2v) is 11.0. The molecule has 5 aromatic rings. The van der Waals surface area contributed by atoms with E-state index in [4.69, 9.17) is 5.73 Å². The molecule has 44 heavy (non-hydrogen) atoms. The number of fused-ring (bicyclic) bond motifs is 1. The molecule has 13 heteroatoms. The van der Waals surface area contributed by atoms with E-state index in [1.54, 1.807) is 35.3 Å². The second kappa shape index (κ2) is 11.7. The number of carbonyl (C=O) groups is 1. The van der Waals surface area contributed by atoms with E-state index in [1.807, 2.05) is 37.1 Å². The third-order valence-electron chi connectivity index (χ3n) is 7.77. The lowest BCUT2D eigenvalue weighted by Gasteiger charge is -2.33. The van der Waals surface area contributed by atoms with Crippen LogP contribution in [0.5, 0.6) is 0 Å². The molecule has 0 aliphatic carbocycles. The number of nitrogen functional groups attached to an aromatic ring is 1. The van der Waals surface area contributed by atoms with Crippen molar-refractivity contribution in [2.75, 3.05) is 44.3 Å². The maximum Gasteiger partial charge on any atom is 0.416 e. The predicted molar refractivity (Wildman–Crippen MR) is 161 cm³/mol. The van der Waals surface area contributed by atoms with Crippen LogP contribution in [0.4, 0.5) is 24.8 Å². The van der Waals surface area contributed by atoms with E-state index in [9.17, 15) is 18.0 Å². The van der Waals surface area contributed by atoms with Crippen LogP contribution in [0.1, 0.15) is 27.0 Å². The summed E-state index contributed by atoms with van der Waals surface area (Å²) in [6.07, 6.45) is -1.19. The highest BCUT2D eigenvalue weighted by Gasteiger charge is 2.34.